The van der Waals surface area contributed by atoms with Crippen molar-refractivity contribution in [3.05, 3.63) is 0 Å². The lowest BCUT2D eigenvalue weighted by molar-refractivity contribution is 0.138. The van der Waals surface area contributed by atoms with Crippen LogP contribution in [0.25, 0.3) is 0 Å². The number of likely N-dealkylation sites (N-methyl/N-ethyl adjacent to an activating group) is 1. The minimum Gasteiger partial charge on any atom is -0.385 e. The molecule has 1 aliphatic carbocycles. The number of nitrogens with zero attached hydrogens (tertiary/aromatic N) is 2. The van der Waals surface area contributed by atoms with E-state index in [4.69, 9.17) is 9.73 Å². The van der Waals surface area contributed by atoms with Crippen LogP contribution in [0.15, 0.2) is 4.99 Å². The number of halogens is 1. The minimum absolute atomic E-state index is 0. The van der Waals surface area contributed by atoms with Crippen LogP contribution in [0, 0.1) is 5.41 Å². The van der Waals surface area contributed by atoms with Crippen molar-refractivity contribution >= 4 is 29.9 Å². The van der Waals surface area contributed by atoms with E-state index in [0.29, 0.717) is 5.41 Å². The third-order valence-corrected chi connectivity index (χ3v) is 5.31. The van der Waals surface area contributed by atoms with Crippen LogP contribution in [0.2, 0.25) is 0 Å². The Hall–Kier alpha value is -0.0800. The molecule has 24 heavy (non-hydrogen) atoms. The van der Waals surface area contributed by atoms with E-state index in [1.165, 1.54) is 25.7 Å². The monoisotopic (exact) mass is 454 g/mol. The highest BCUT2D eigenvalue weighted by atomic mass is 127. The van der Waals surface area contributed by atoms with Crippen molar-refractivity contribution in [1.82, 2.24) is 15.5 Å². The third kappa shape index (κ3) is 7.87. The molecule has 1 saturated carbocycles. The number of hydrogen-bond donors (Lipinski definition) is 2. The molecule has 1 aliphatic rings. The van der Waals surface area contributed by atoms with Gasteiger partial charge in [-0.05, 0) is 59.5 Å². The molecule has 2 N–H and O–H groups in total. The minimum atomic E-state index is 0. The van der Waals surface area contributed by atoms with E-state index in [-0.39, 0.29) is 29.5 Å². The first-order chi connectivity index (χ1) is 10.9. The number of aliphatic imine (C=N–C) groups is 1. The van der Waals surface area contributed by atoms with Gasteiger partial charge in [0.05, 0.1) is 6.54 Å². The summed E-state index contributed by atoms with van der Waals surface area (Å²) in [4.78, 5) is 7.02. The Morgan fingerprint density at radius 1 is 1.21 bits per heavy atom. The quantitative estimate of drug-likeness (QED) is 0.320. The van der Waals surface area contributed by atoms with Gasteiger partial charge in [-0.25, -0.2) is 0 Å². The molecule has 0 saturated heterocycles. The first-order valence-electron chi connectivity index (χ1n) is 9.04. The van der Waals surface area contributed by atoms with Gasteiger partial charge in [0, 0.05) is 32.3 Å². The van der Waals surface area contributed by atoms with Crippen molar-refractivity contribution in [1.29, 1.82) is 0 Å². The van der Waals surface area contributed by atoms with E-state index in [0.717, 1.165) is 38.6 Å². The van der Waals surface area contributed by atoms with Gasteiger partial charge in [-0.2, -0.15) is 0 Å². The predicted molar refractivity (Wildman–Crippen MR) is 115 cm³/mol. The summed E-state index contributed by atoms with van der Waals surface area (Å²) in [7, 11) is 6.01. The molecule has 0 bridgehead atoms. The molecular weight excluding hydrogens is 415 g/mol. The molecule has 0 aromatic heterocycles. The second-order valence-electron chi connectivity index (χ2n) is 7.71. The maximum Gasteiger partial charge on any atom is 0.191 e. The van der Waals surface area contributed by atoms with E-state index >= 15 is 0 Å². The molecule has 0 aromatic carbocycles. The lowest BCUT2D eigenvalue weighted by Crippen LogP contribution is -2.46. The second kappa shape index (κ2) is 11.5. The number of hydrogen-bond acceptors (Lipinski definition) is 3. The largest absolute Gasteiger partial charge is 0.385 e. The number of methoxy groups -OCH3 is 1. The Balaban J connectivity index is 0.00000529. The maximum absolute atomic E-state index is 5.32. The van der Waals surface area contributed by atoms with Crippen LogP contribution in [0.5, 0.6) is 0 Å². The van der Waals surface area contributed by atoms with Crippen molar-refractivity contribution in [3.8, 4) is 0 Å². The van der Waals surface area contributed by atoms with Crippen LogP contribution in [0.4, 0.5) is 0 Å². The van der Waals surface area contributed by atoms with Gasteiger partial charge in [0.1, 0.15) is 0 Å². The summed E-state index contributed by atoms with van der Waals surface area (Å²) in [6, 6.07) is 0. The highest BCUT2D eigenvalue weighted by molar-refractivity contribution is 14.0. The Morgan fingerprint density at radius 3 is 2.33 bits per heavy atom. The number of rotatable bonds is 9. The molecule has 0 aromatic rings. The molecule has 144 valence electrons. The second-order valence-corrected chi connectivity index (χ2v) is 7.71. The van der Waals surface area contributed by atoms with E-state index in [1.807, 2.05) is 0 Å². The average Bonchev–Trinajstić information content (AvgIpc) is 2.97. The van der Waals surface area contributed by atoms with E-state index in [9.17, 15) is 0 Å². The van der Waals surface area contributed by atoms with Gasteiger partial charge in [-0.15, -0.1) is 24.0 Å². The molecule has 6 heteroatoms. The summed E-state index contributed by atoms with van der Waals surface area (Å²) >= 11 is 0. The zero-order valence-corrected chi connectivity index (χ0v) is 18.9. The van der Waals surface area contributed by atoms with E-state index < -0.39 is 0 Å². The van der Waals surface area contributed by atoms with Crippen molar-refractivity contribution in [2.45, 2.75) is 58.4 Å². The zero-order chi connectivity index (χ0) is 17.3. The summed E-state index contributed by atoms with van der Waals surface area (Å²) in [5.74, 6) is 0.936. The number of guanidine groups is 1. The molecule has 0 radical (unpaired) electrons. The summed E-state index contributed by atoms with van der Waals surface area (Å²) in [6.07, 6.45) is 6.41. The molecule has 0 heterocycles. The van der Waals surface area contributed by atoms with Gasteiger partial charge in [0.25, 0.3) is 0 Å². The molecule has 0 unspecified atom stereocenters. The number of nitrogens with one attached hydrogen (secondary N) is 2. The zero-order valence-electron chi connectivity index (χ0n) is 16.6. The summed E-state index contributed by atoms with van der Waals surface area (Å²) in [5, 5.41) is 6.97. The number of ether oxygens (including phenoxy) is 1. The van der Waals surface area contributed by atoms with Gasteiger partial charge in [-0.1, -0.05) is 12.8 Å². The molecule has 0 aliphatic heterocycles. The topological polar surface area (TPSA) is 48.9 Å². The maximum atomic E-state index is 5.32. The summed E-state index contributed by atoms with van der Waals surface area (Å²) < 4.78 is 5.32. The van der Waals surface area contributed by atoms with Crippen molar-refractivity contribution in [2.24, 2.45) is 10.4 Å². The normalized spacial score (nSPS) is 17.7. The molecule has 1 rings (SSSR count). The molecule has 0 atom stereocenters. The van der Waals surface area contributed by atoms with Crippen molar-refractivity contribution < 1.29 is 4.74 Å². The molecule has 1 fully saturated rings. The van der Waals surface area contributed by atoms with Crippen molar-refractivity contribution in [2.75, 3.05) is 47.4 Å². The first-order valence-corrected chi connectivity index (χ1v) is 9.04. The van der Waals surface area contributed by atoms with Crippen molar-refractivity contribution in [3.63, 3.8) is 0 Å². The third-order valence-electron chi connectivity index (χ3n) is 5.31. The van der Waals surface area contributed by atoms with Crippen LogP contribution in [0.1, 0.15) is 52.9 Å². The van der Waals surface area contributed by atoms with Crippen LogP contribution < -0.4 is 10.6 Å². The van der Waals surface area contributed by atoms with Gasteiger partial charge >= 0.3 is 0 Å². The molecule has 0 amide bonds. The highest BCUT2D eigenvalue weighted by Crippen LogP contribution is 2.40. The average molecular weight is 454 g/mol. The smallest absolute Gasteiger partial charge is 0.191 e. The van der Waals surface area contributed by atoms with Gasteiger partial charge in [0.15, 0.2) is 5.96 Å². The molecular formula is C18H39IN4O. The summed E-state index contributed by atoms with van der Waals surface area (Å²) in [5.41, 5.74) is 0.437. The fraction of sp³-hybridized carbons (Fsp3) is 0.944. The Kier molecular flexibility index (Phi) is 11.5. The van der Waals surface area contributed by atoms with Gasteiger partial charge in [0.2, 0.25) is 0 Å². The Labute approximate surface area is 166 Å². The molecule has 0 spiro atoms. The summed E-state index contributed by atoms with van der Waals surface area (Å²) in [6.45, 7) is 10.1. The highest BCUT2D eigenvalue weighted by Gasteiger charge is 2.33. The Bertz CT molecular complexity index is 366. The first kappa shape index (κ1) is 23.9. The van der Waals surface area contributed by atoms with Crippen LogP contribution in [-0.2, 0) is 4.74 Å². The lowest BCUT2D eigenvalue weighted by Gasteiger charge is -2.32. The van der Waals surface area contributed by atoms with E-state index in [2.05, 4.69) is 50.4 Å². The fourth-order valence-corrected chi connectivity index (χ4v) is 2.99. The predicted octanol–water partition coefficient (Wildman–Crippen LogP) is 3.10. The Morgan fingerprint density at radius 2 is 1.83 bits per heavy atom. The van der Waals surface area contributed by atoms with E-state index in [1.54, 1.807) is 7.11 Å². The SMILES string of the molecule is CCNC(=NCC(C)(C)N(C)C)NCC1(CCOC)CCCC1.I. The van der Waals surface area contributed by atoms with Gasteiger partial charge in [-0.3, -0.25) is 4.99 Å². The standard InChI is InChI=1S/C18H38N4O.HI/c1-7-19-16(20-14-17(2,3)22(4)5)21-15-18(12-13-23-6)10-8-9-11-18;/h7-15H2,1-6H3,(H2,19,20,21);1H. The van der Waals surface area contributed by atoms with Crippen LogP contribution in [-0.4, -0.2) is 63.8 Å². The van der Waals surface area contributed by atoms with Crippen LogP contribution in [0.3, 0.4) is 0 Å². The fourth-order valence-electron chi connectivity index (χ4n) is 2.99. The van der Waals surface area contributed by atoms with Crippen LogP contribution >= 0.6 is 24.0 Å². The van der Waals surface area contributed by atoms with Gasteiger partial charge < -0.3 is 20.3 Å². The molecule has 5 nitrogen and oxygen atoms in total. The lowest BCUT2D eigenvalue weighted by atomic mass is 9.83.